The van der Waals surface area contributed by atoms with E-state index in [0.717, 1.165) is 38.5 Å². The number of ether oxygens (including phenoxy) is 1. The van der Waals surface area contributed by atoms with Crippen LogP contribution in [0.5, 0.6) is 0 Å². The summed E-state index contributed by atoms with van der Waals surface area (Å²) in [4.78, 5) is 12.8. The zero-order valence-corrected chi connectivity index (χ0v) is 36.2. The summed E-state index contributed by atoms with van der Waals surface area (Å²) in [5.41, 5.74) is 0. The Morgan fingerprint density at radius 3 is 1.06 bits per heavy atom. The molecule has 0 spiro atoms. The molecule has 1 amide bonds. The fourth-order valence-corrected chi connectivity index (χ4v) is 7.57. The molecule has 4 atom stereocenters. The minimum Gasteiger partial charge on any atom is -0.393 e. The van der Waals surface area contributed by atoms with Crippen molar-refractivity contribution in [1.82, 2.24) is 5.32 Å². The lowest BCUT2D eigenvalue weighted by Gasteiger charge is -2.26. The number of nitrogens with one attached hydrogen (secondary N) is 1. The Bertz CT molecular complexity index is 739. The molecule has 0 aliphatic rings. The Morgan fingerprint density at radius 1 is 0.444 bits per heavy atom. The van der Waals surface area contributed by atoms with E-state index in [4.69, 9.17) is 9.84 Å². The van der Waals surface area contributed by atoms with Gasteiger partial charge in [-0.25, -0.2) is 0 Å². The van der Waals surface area contributed by atoms with Crippen molar-refractivity contribution >= 4 is 5.91 Å². The first kappa shape index (κ1) is 53.3. The highest BCUT2D eigenvalue weighted by Gasteiger charge is 2.24. The van der Waals surface area contributed by atoms with Crippen LogP contribution in [-0.2, 0) is 9.53 Å². The Labute approximate surface area is 336 Å². The predicted molar refractivity (Wildman–Crippen MR) is 230 cm³/mol. The molecule has 0 aromatic carbocycles. The molecule has 0 heterocycles. The first-order valence-corrected chi connectivity index (χ1v) is 24.0. The van der Waals surface area contributed by atoms with Crippen LogP contribution in [0, 0.1) is 0 Å². The van der Waals surface area contributed by atoms with E-state index >= 15 is 0 Å². The number of carbonyl (C=O) groups is 1. The minimum absolute atomic E-state index is 0.117. The van der Waals surface area contributed by atoms with Crippen molar-refractivity contribution in [2.45, 2.75) is 282 Å². The smallest absolute Gasteiger partial charge is 0.220 e. The molecule has 0 bridgehead atoms. The highest BCUT2D eigenvalue weighted by molar-refractivity contribution is 5.76. The molecular weight excluding hydrogens is 675 g/mol. The van der Waals surface area contributed by atoms with Gasteiger partial charge in [0, 0.05) is 6.42 Å². The van der Waals surface area contributed by atoms with Crippen molar-refractivity contribution in [3.63, 3.8) is 0 Å². The molecule has 7 heteroatoms. The summed E-state index contributed by atoms with van der Waals surface area (Å²) in [7, 11) is 0. The molecule has 0 aromatic rings. The maximum atomic E-state index is 12.8. The number of hydrogen-bond donors (Lipinski definition) is 5. The lowest BCUT2D eigenvalue weighted by Crippen LogP contribution is -2.48. The Kier molecular flexibility index (Phi) is 42.8. The Morgan fingerprint density at radius 2 is 0.741 bits per heavy atom. The van der Waals surface area contributed by atoms with Crippen LogP contribution in [0.3, 0.4) is 0 Å². The normalized spacial score (nSPS) is 14.0. The van der Waals surface area contributed by atoms with Crippen molar-refractivity contribution in [1.29, 1.82) is 0 Å². The van der Waals surface area contributed by atoms with E-state index in [1.807, 2.05) is 0 Å². The van der Waals surface area contributed by atoms with Crippen LogP contribution in [0.2, 0.25) is 0 Å². The van der Waals surface area contributed by atoms with Crippen LogP contribution in [0.15, 0.2) is 0 Å². The number of hydrogen-bond acceptors (Lipinski definition) is 6. The Hall–Kier alpha value is -0.730. The summed E-state index contributed by atoms with van der Waals surface area (Å²) < 4.78 is 5.32. The summed E-state index contributed by atoms with van der Waals surface area (Å²) in [6, 6.07) is -0.667. The largest absolute Gasteiger partial charge is 0.393 e. The van der Waals surface area contributed by atoms with Gasteiger partial charge in [-0.15, -0.1) is 0 Å². The van der Waals surface area contributed by atoms with Crippen molar-refractivity contribution in [3.05, 3.63) is 0 Å². The van der Waals surface area contributed by atoms with E-state index in [1.54, 1.807) is 0 Å². The number of amides is 1. The van der Waals surface area contributed by atoms with Gasteiger partial charge in [0.25, 0.3) is 0 Å². The van der Waals surface area contributed by atoms with Gasteiger partial charge in [-0.2, -0.15) is 0 Å². The van der Waals surface area contributed by atoms with Gasteiger partial charge in [-0.1, -0.05) is 239 Å². The summed E-state index contributed by atoms with van der Waals surface area (Å²) in [6.45, 7) is 3.80. The molecule has 0 aliphatic carbocycles. The standard InChI is InChI=1S/C47H95NO6/c1-3-5-7-9-11-13-15-17-18-19-20-21-22-23-24-25-26-28-30-32-34-36-38-40-46(52)48-43(42-54-47(53)45(51)41-49)44(50)39-37-35-33-31-29-27-16-14-12-10-8-6-4-2/h43-45,47,49-51,53H,3-42H2,1-2H3,(H,48,52)/t43-,44+,45-,47-/m0/s1. The van der Waals surface area contributed by atoms with Gasteiger partial charge in [0.2, 0.25) is 5.91 Å². The molecule has 54 heavy (non-hydrogen) atoms. The molecule has 0 rings (SSSR count). The second-order valence-electron chi connectivity index (χ2n) is 16.8. The van der Waals surface area contributed by atoms with Gasteiger partial charge < -0.3 is 30.5 Å². The highest BCUT2D eigenvalue weighted by Crippen LogP contribution is 2.17. The molecule has 7 nitrogen and oxygen atoms in total. The molecule has 0 saturated carbocycles. The van der Waals surface area contributed by atoms with Crippen LogP contribution in [0.4, 0.5) is 0 Å². The minimum atomic E-state index is -1.57. The van der Waals surface area contributed by atoms with Gasteiger partial charge in [0.15, 0.2) is 6.29 Å². The SMILES string of the molecule is CCCCCCCCCCCCCCCCCCCCCCCCCC(=O)N[C@@H](CO[C@H](O)[C@@H](O)CO)[C@H](O)CCCCCCCCCCCCCCC. The summed E-state index contributed by atoms with van der Waals surface area (Å²) in [5, 5.41) is 42.6. The monoisotopic (exact) mass is 770 g/mol. The number of rotatable bonds is 45. The Balaban J connectivity index is 3.90. The van der Waals surface area contributed by atoms with E-state index in [1.165, 1.54) is 193 Å². The third-order valence-electron chi connectivity index (χ3n) is 11.4. The van der Waals surface area contributed by atoms with Crippen molar-refractivity contribution < 1.29 is 30.0 Å². The molecule has 0 saturated heterocycles. The summed E-state index contributed by atoms with van der Waals surface area (Å²) >= 11 is 0. The molecule has 0 fully saturated rings. The third kappa shape index (κ3) is 38.2. The first-order valence-electron chi connectivity index (χ1n) is 24.0. The maximum absolute atomic E-state index is 12.8. The van der Waals surface area contributed by atoms with Crippen molar-refractivity contribution in [3.8, 4) is 0 Å². The van der Waals surface area contributed by atoms with Gasteiger partial charge in [0.1, 0.15) is 6.10 Å². The van der Waals surface area contributed by atoms with Crippen LogP contribution >= 0.6 is 0 Å². The predicted octanol–water partition coefficient (Wildman–Crippen LogP) is 12.4. The van der Waals surface area contributed by atoms with E-state index in [2.05, 4.69) is 19.2 Å². The highest BCUT2D eigenvalue weighted by atomic mass is 16.6. The van der Waals surface area contributed by atoms with Gasteiger partial charge in [-0.3, -0.25) is 4.79 Å². The number of carbonyl (C=O) groups excluding carboxylic acids is 1. The summed E-state index contributed by atoms with van der Waals surface area (Å²) in [6.07, 6.45) is 44.3. The van der Waals surface area contributed by atoms with E-state index in [-0.39, 0.29) is 12.5 Å². The van der Waals surface area contributed by atoms with E-state index in [9.17, 15) is 20.1 Å². The van der Waals surface area contributed by atoms with Gasteiger partial charge >= 0.3 is 0 Å². The van der Waals surface area contributed by atoms with Gasteiger partial charge in [-0.05, 0) is 12.8 Å². The van der Waals surface area contributed by atoms with Crippen molar-refractivity contribution in [2.75, 3.05) is 13.2 Å². The quantitative estimate of drug-likeness (QED) is 0.0311. The van der Waals surface area contributed by atoms with E-state index < -0.39 is 31.1 Å². The number of unbranched alkanes of at least 4 members (excludes halogenated alkanes) is 34. The zero-order valence-electron chi connectivity index (χ0n) is 36.2. The molecule has 0 radical (unpaired) electrons. The van der Waals surface area contributed by atoms with Gasteiger partial charge in [0.05, 0.1) is 25.4 Å². The number of aliphatic hydroxyl groups is 4. The lowest BCUT2D eigenvalue weighted by molar-refractivity contribution is -0.178. The molecular formula is C47H95NO6. The lowest BCUT2D eigenvalue weighted by atomic mass is 10.0. The molecule has 5 N–H and O–H groups in total. The fourth-order valence-electron chi connectivity index (χ4n) is 7.57. The fraction of sp³-hybridized carbons (Fsp3) is 0.979. The van der Waals surface area contributed by atoms with Crippen LogP contribution in [0.25, 0.3) is 0 Å². The van der Waals surface area contributed by atoms with Crippen LogP contribution in [-0.4, -0.2) is 64.1 Å². The average molecular weight is 770 g/mol. The maximum Gasteiger partial charge on any atom is 0.220 e. The van der Waals surface area contributed by atoms with Crippen LogP contribution in [0.1, 0.15) is 258 Å². The molecule has 324 valence electrons. The van der Waals surface area contributed by atoms with E-state index in [0.29, 0.717) is 12.8 Å². The molecule has 0 aromatic heterocycles. The first-order chi connectivity index (χ1) is 26.5. The van der Waals surface area contributed by atoms with Crippen LogP contribution < -0.4 is 5.32 Å². The average Bonchev–Trinajstić information content (AvgIpc) is 3.17. The second kappa shape index (κ2) is 43.4. The zero-order chi connectivity index (χ0) is 39.6. The second-order valence-corrected chi connectivity index (χ2v) is 16.8. The topological polar surface area (TPSA) is 119 Å². The molecule has 0 unspecified atom stereocenters. The van der Waals surface area contributed by atoms with Crippen molar-refractivity contribution in [2.24, 2.45) is 0 Å². The third-order valence-corrected chi connectivity index (χ3v) is 11.4. The number of aliphatic hydroxyl groups excluding tert-OH is 4. The summed E-state index contributed by atoms with van der Waals surface area (Å²) in [5.74, 6) is -0.117. The molecule has 0 aliphatic heterocycles.